The Balaban J connectivity index is 2.00. The zero-order valence-corrected chi connectivity index (χ0v) is 9.06. The molecular weight excluding hydrogens is 200 g/mol. The highest BCUT2D eigenvalue weighted by Crippen LogP contribution is 2.53. The van der Waals surface area contributed by atoms with Crippen LogP contribution in [0, 0.1) is 0 Å². The third-order valence-corrected chi connectivity index (χ3v) is 4.67. The fourth-order valence-electron chi connectivity index (χ4n) is 2.03. The van der Waals surface area contributed by atoms with Gasteiger partial charge in [-0.25, -0.2) is 0 Å². The number of Topliss-reactive ketones (excluding diaryl/α,β-unsaturated/α-hetero) is 1. The van der Waals surface area contributed by atoms with Gasteiger partial charge in [0.1, 0.15) is 0 Å². The first kappa shape index (κ1) is 10.0. The monoisotopic (exact) mass is 214 g/mol. The zero-order chi connectivity index (χ0) is 10.2. The van der Waals surface area contributed by atoms with E-state index < -0.39 is 5.25 Å². The summed E-state index contributed by atoms with van der Waals surface area (Å²) < 4.78 is 4.98. The second-order valence-corrected chi connectivity index (χ2v) is 5.50. The van der Waals surface area contributed by atoms with Crippen LogP contribution in [0.2, 0.25) is 0 Å². The fraction of sp³-hybridized carbons (Fsp3) is 0.800. The average Bonchev–Trinajstić information content (AvgIpc) is 2.43. The Morgan fingerprint density at radius 3 is 2.79 bits per heavy atom. The zero-order valence-electron chi connectivity index (χ0n) is 8.25. The lowest BCUT2D eigenvalue weighted by molar-refractivity contribution is -0.144. The van der Waals surface area contributed by atoms with Crippen LogP contribution in [-0.2, 0) is 14.3 Å². The highest BCUT2D eigenvalue weighted by Gasteiger charge is 2.51. The molecule has 0 radical (unpaired) electrons. The largest absolute Gasteiger partial charge is 0.465 e. The molecule has 0 bridgehead atoms. The predicted octanol–water partition coefficient (Wildman–Crippen LogP) is 1.55. The first-order valence-corrected chi connectivity index (χ1v) is 5.92. The van der Waals surface area contributed by atoms with Crippen molar-refractivity contribution >= 4 is 23.5 Å². The number of hydrogen-bond donors (Lipinski definition) is 0. The SMILES string of the molecule is CCOC(=O)[C@H]1SC2(CCC2)CC1=O. The van der Waals surface area contributed by atoms with Gasteiger partial charge in [0.05, 0.1) is 6.61 Å². The Kier molecular flexibility index (Phi) is 2.56. The van der Waals surface area contributed by atoms with Crippen molar-refractivity contribution in [1.29, 1.82) is 0 Å². The number of thioether (sulfide) groups is 1. The second-order valence-electron chi connectivity index (χ2n) is 3.93. The van der Waals surface area contributed by atoms with Gasteiger partial charge in [0.15, 0.2) is 11.0 Å². The van der Waals surface area contributed by atoms with E-state index in [1.165, 1.54) is 18.2 Å². The Morgan fingerprint density at radius 1 is 1.64 bits per heavy atom. The highest BCUT2D eigenvalue weighted by molar-refractivity contribution is 8.03. The summed E-state index contributed by atoms with van der Waals surface area (Å²) in [6.07, 6.45) is 3.93. The van der Waals surface area contributed by atoms with Gasteiger partial charge in [-0.1, -0.05) is 6.42 Å². The first-order chi connectivity index (χ1) is 6.67. The number of ether oxygens (including phenoxy) is 1. The molecule has 1 aliphatic heterocycles. The van der Waals surface area contributed by atoms with E-state index in [1.807, 2.05) is 0 Å². The molecule has 0 amide bonds. The molecule has 0 unspecified atom stereocenters. The van der Waals surface area contributed by atoms with Gasteiger partial charge in [0, 0.05) is 11.2 Å². The lowest BCUT2D eigenvalue weighted by Gasteiger charge is -2.36. The maximum Gasteiger partial charge on any atom is 0.326 e. The molecule has 78 valence electrons. The quantitative estimate of drug-likeness (QED) is 0.516. The minimum atomic E-state index is -0.532. The van der Waals surface area contributed by atoms with Crippen LogP contribution in [0.25, 0.3) is 0 Å². The number of esters is 1. The maximum atomic E-state index is 11.6. The maximum absolute atomic E-state index is 11.6. The molecule has 1 saturated carbocycles. The number of rotatable bonds is 2. The van der Waals surface area contributed by atoms with E-state index in [9.17, 15) is 9.59 Å². The van der Waals surface area contributed by atoms with Crippen molar-refractivity contribution in [1.82, 2.24) is 0 Å². The van der Waals surface area contributed by atoms with E-state index in [-0.39, 0.29) is 16.5 Å². The van der Waals surface area contributed by atoms with Crippen molar-refractivity contribution in [3.05, 3.63) is 0 Å². The van der Waals surface area contributed by atoms with Crippen LogP contribution < -0.4 is 0 Å². The van der Waals surface area contributed by atoms with Gasteiger partial charge in [-0.05, 0) is 19.8 Å². The van der Waals surface area contributed by atoms with Crippen LogP contribution in [0.5, 0.6) is 0 Å². The van der Waals surface area contributed by atoms with Crippen LogP contribution in [0.15, 0.2) is 0 Å². The molecule has 2 rings (SSSR count). The minimum Gasteiger partial charge on any atom is -0.465 e. The summed E-state index contributed by atoms with van der Waals surface area (Å²) in [4.78, 5) is 23.0. The van der Waals surface area contributed by atoms with Crippen molar-refractivity contribution in [3.8, 4) is 0 Å². The van der Waals surface area contributed by atoms with E-state index in [2.05, 4.69) is 0 Å². The van der Waals surface area contributed by atoms with Gasteiger partial charge >= 0.3 is 5.97 Å². The van der Waals surface area contributed by atoms with E-state index in [0.29, 0.717) is 13.0 Å². The topological polar surface area (TPSA) is 43.4 Å². The van der Waals surface area contributed by atoms with Crippen molar-refractivity contribution in [2.45, 2.75) is 42.6 Å². The Morgan fingerprint density at radius 2 is 2.36 bits per heavy atom. The van der Waals surface area contributed by atoms with Gasteiger partial charge < -0.3 is 4.74 Å². The second kappa shape index (κ2) is 3.57. The normalized spacial score (nSPS) is 28.9. The van der Waals surface area contributed by atoms with Gasteiger partial charge in [-0.3, -0.25) is 9.59 Å². The van der Waals surface area contributed by atoms with E-state index in [4.69, 9.17) is 4.74 Å². The van der Waals surface area contributed by atoms with Crippen molar-refractivity contribution in [2.24, 2.45) is 0 Å². The number of ketones is 1. The fourth-order valence-corrected chi connectivity index (χ4v) is 3.66. The molecule has 0 aromatic heterocycles. The van der Waals surface area contributed by atoms with E-state index >= 15 is 0 Å². The molecule has 0 N–H and O–H groups in total. The van der Waals surface area contributed by atoms with Crippen molar-refractivity contribution in [2.75, 3.05) is 6.61 Å². The summed E-state index contributed by atoms with van der Waals surface area (Å²) in [5.74, 6) is -0.278. The standard InChI is InChI=1S/C10H14O3S/c1-2-13-9(12)8-7(11)6-10(14-8)4-3-5-10/h8H,2-6H2,1H3/t8-/m0/s1. The molecule has 1 saturated heterocycles. The van der Waals surface area contributed by atoms with Gasteiger partial charge in [0.25, 0.3) is 0 Å². The van der Waals surface area contributed by atoms with E-state index in [0.717, 1.165) is 12.8 Å². The summed E-state index contributed by atoms with van der Waals surface area (Å²) in [5, 5.41) is -0.532. The number of hydrogen-bond acceptors (Lipinski definition) is 4. The molecular formula is C10H14O3S. The van der Waals surface area contributed by atoms with Crippen LogP contribution in [0.1, 0.15) is 32.6 Å². The summed E-state index contributed by atoms with van der Waals surface area (Å²) in [5.41, 5.74) is 0. The summed E-state index contributed by atoms with van der Waals surface area (Å²) in [6.45, 7) is 2.12. The van der Waals surface area contributed by atoms with Gasteiger partial charge in [-0.15, -0.1) is 11.8 Å². The first-order valence-electron chi connectivity index (χ1n) is 5.04. The highest BCUT2D eigenvalue weighted by atomic mass is 32.2. The van der Waals surface area contributed by atoms with E-state index in [1.54, 1.807) is 6.92 Å². The molecule has 3 nitrogen and oxygen atoms in total. The minimum absolute atomic E-state index is 0.0631. The molecule has 2 aliphatic rings. The van der Waals surface area contributed by atoms with Crippen LogP contribution in [0.4, 0.5) is 0 Å². The third kappa shape index (κ3) is 1.56. The summed E-state index contributed by atoms with van der Waals surface area (Å²) in [7, 11) is 0. The Hall–Kier alpha value is -0.510. The van der Waals surface area contributed by atoms with Gasteiger partial charge in [-0.2, -0.15) is 0 Å². The summed E-state index contributed by atoms with van der Waals surface area (Å²) in [6, 6.07) is 0. The van der Waals surface area contributed by atoms with Crippen LogP contribution in [0.3, 0.4) is 0 Å². The van der Waals surface area contributed by atoms with Crippen molar-refractivity contribution in [3.63, 3.8) is 0 Å². The third-order valence-electron chi connectivity index (χ3n) is 2.92. The molecule has 2 fully saturated rings. The molecule has 4 heteroatoms. The Bertz CT molecular complexity index is 263. The smallest absolute Gasteiger partial charge is 0.326 e. The number of carbonyl (C=O) groups excluding carboxylic acids is 2. The van der Waals surface area contributed by atoms with Crippen LogP contribution in [-0.4, -0.2) is 28.4 Å². The molecule has 1 aliphatic carbocycles. The van der Waals surface area contributed by atoms with Crippen molar-refractivity contribution < 1.29 is 14.3 Å². The molecule has 0 aromatic rings. The predicted molar refractivity (Wildman–Crippen MR) is 54.2 cm³/mol. The Labute approximate surface area is 87.6 Å². The molecule has 14 heavy (non-hydrogen) atoms. The lowest BCUT2D eigenvalue weighted by Crippen LogP contribution is -2.30. The molecule has 0 aromatic carbocycles. The van der Waals surface area contributed by atoms with Crippen LogP contribution >= 0.6 is 11.8 Å². The van der Waals surface area contributed by atoms with Gasteiger partial charge in [0.2, 0.25) is 0 Å². The average molecular weight is 214 g/mol. The summed E-state index contributed by atoms with van der Waals surface area (Å²) >= 11 is 1.53. The lowest BCUT2D eigenvalue weighted by atomic mass is 9.81. The number of carbonyl (C=O) groups is 2. The molecule has 1 atom stereocenters. The molecule has 1 heterocycles. The molecule has 1 spiro atoms.